The standard InChI is InChI=1S/C3H10N2O5S2/c1-4-2-3-11(6,7)5-12(8,9)10/h4-5H,2-3H2,1H3,(H,8,9,10). The average molecular weight is 218 g/mol. The Hall–Kier alpha value is -0.220. The smallest absolute Gasteiger partial charge is 0.319 e. The maximum absolute atomic E-state index is 10.7. The van der Waals surface area contributed by atoms with Gasteiger partial charge in [-0.05, 0) is 7.05 Å². The summed E-state index contributed by atoms with van der Waals surface area (Å²) in [4.78, 5) is 0. The quantitative estimate of drug-likeness (QED) is 0.457. The molecule has 0 saturated heterocycles. The zero-order chi connectivity index (χ0) is 9.83. The normalized spacial score (nSPS) is 13.2. The number of sulfonamides is 1. The van der Waals surface area contributed by atoms with E-state index < -0.39 is 26.1 Å². The summed E-state index contributed by atoms with van der Waals surface area (Å²) in [6.07, 6.45) is 0. The third kappa shape index (κ3) is 6.49. The van der Waals surface area contributed by atoms with Gasteiger partial charge < -0.3 is 5.32 Å². The Morgan fingerprint density at radius 3 is 2.08 bits per heavy atom. The first-order valence-corrected chi connectivity index (χ1v) is 5.99. The van der Waals surface area contributed by atoms with Crippen LogP contribution in [0.25, 0.3) is 0 Å². The van der Waals surface area contributed by atoms with Gasteiger partial charge in [0, 0.05) is 6.54 Å². The predicted molar refractivity (Wildman–Crippen MR) is 42.4 cm³/mol. The van der Waals surface area contributed by atoms with Crippen molar-refractivity contribution in [1.82, 2.24) is 9.44 Å². The van der Waals surface area contributed by atoms with Gasteiger partial charge in [-0.25, -0.2) is 8.42 Å². The maximum atomic E-state index is 10.7. The van der Waals surface area contributed by atoms with E-state index in [1.165, 1.54) is 7.05 Å². The zero-order valence-electron chi connectivity index (χ0n) is 6.31. The Morgan fingerprint density at radius 1 is 1.25 bits per heavy atom. The monoisotopic (exact) mass is 218 g/mol. The van der Waals surface area contributed by atoms with Crippen molar-refractivity contribution in [3.63, 3.8) is 0 Å². The molecule has 0 fully saturated rings. The third-order valence-electron chi connectivity index (χ3n) is 0.853. The first kappa shape index (κ1) is 11.8. The Morgan fingerprint density at radius 2 is 1.75 bits per heavy atom. The molecule has 0 amide bonds. The van der Waals surface area contributed by atoms with Gasteiger partial charge >= 0.3 is 10.3 Å². The minimum Gasteiger partial charge on any atom is -0.319 e. The van der Waals surface area contributed by atoms with Crippen LogP contribution in [0, 0.1) is 0 Å². The van der Waals surface area contributed by atoms with Crippen molar-refractivity contribution in [1.29, 1.82) is 0 Å². The molecule has 0 bridgehead atoms. The molecular formula is C3H10N2O5S2. The molecule has 9 heteroatoms. The number of hydrogen-bond donors (Lipinski definition) is 3. The Bertz CT molecular complexity index is 317. The molecule has 0 unspecified atom stereocenters. The van der Waals surface area contributed by atoms with Crippen molar-refractivity contribution in [2.75, 3.05) is 19.3 Å². The minimum atomic E-state index is -4.68. The summed E-state index contributed by atoms with van der Waals surface area (Å²) in [6, 6.07) is 0. The molecule has 0 spiro atoms. The fourth-order valence-electron chi connectivity index (χ4n) is 0.439. The largest absolute Gasteiger partial charge is 0.346 e. The summed E-state index contributed by atoms with van der Waals surface area (Å²) in [5.74, 6) is -0.413. The molecule has 0 aromatic carbocycles. The van der Waals surface area contributed by atoms with Gasteiger partial charge in [0.15, 0.2) is 0 Å². The molecule has 0 radical (unpaired) electrons. The van der Waals surface area contributed by atoms with Crippen LogP contribution >= 0.6 is 0 Å². The number of rotatable bonds is 5. The van der Waals surface area contributed by atoms with Crippen LogP contribution in [0.5, 0.6) is 0 Å². The highest BCUT2D eigenvalue weighted by Gasteiger charge is 2.16. The molecule has 0 aliphatic heterocycles. The van der Waals surface area contributed by atoms with Crippen molar-refractivity contribution in [3.05, 3.63) is 0 Å². The summed E-state index contributed by atoms with van der Waals surface area (Å²) in [7, 11) is -7.11. The van der Waals surface area contributed by atoms with Crippen molar-refractivity contribution < 1.29 is 21.4 Å². The minimum absolute atomic E-state index is 0.102. The molecule has 0 aromatic rings. The fourth-order valence-corrected chi connectivity index (χ4v) is 2.53. The molecular weight excluding hydrogens is 208 g/mol. The van der Waals surface area contributed by atoms with Crippen LogP contribution in [0.15, 0.2) is 0 Å². The molecule has 0 atom stereocenters. The highest BCUT2D eigenvalue weighted by Crippen LogP contribution is 1.85. The van der Waals surface area contributed by atoms with E-state index in [2.05, 4.69) is 5.32 Å². The van der Waals surface area contributed by atoms with Crippen molar-refractivity contribution in [2.24, 2.45) is 0 Å². The van der Waals surface area contributed by atoms with Gasteiger partial charge in [0.2, 0.25) is 10.0 Å². The Kier molecular flexibility index (Phi) is 4.06. The van der Waals surface area contributed by atoms with E-state index in [0.717, 1.165) is 4.13 Å². The lowest BCUT2D eigenvalue weighted by Crippen LogP contribution is -2.34. The molecule has 0 aromatic heterocycles. The fraction of sp³-hybridized carbons (Fsp3) is 1.00. The highest BCUT2D eigenvalue weighted by atomic mass is 32.3. The summed E-state index contributed by atoms with van der Waals surface area (Å²) in [6.45, 7) is 0.102. The first-order chi connectivity index (χ1) is 5.27. The Labute approximate surface area is 71.1 Å². The predicted octanol–water partition coefficient (Wildman–Crippen LogP) is -2.07. The topological polar surface area (TPSA) is 113 Å². The summed E-state index contributed by atoms with van der Waals surface area (Å²) in [5.41, 5.74) is 0. The lowest BCUT2D eigenvalue weighted by atomic mass is 10.8. The molecule has 0 heterocycles. The second-order valence-corrected chi connectivity index (χ2v) is 5.24. The molecule has 12 heavy (non-hydrogen) atoms. The van der Waals surface area contributed by atoms with Crippen molar-refractivity contribution in [3.8, 4) is 0 Å². The molecule has 0 aliphatic carbocycles. The molecule has 0 rings (SSSR count). The van der Waals surface area contributed by atoms with Gasteiger partial charge in [0.1, 0.15) is 0 Å². The van der Waals surface area contributed by atoms with Crippen LogP contribution in [0.4, 0.5) is 0 Å². The van der Waals surface area contributed by atoms with Crippen LogP contribution in [0.3, 0.4) is 0 Å². The van der Waals surface area contributed by atoms with E-state index in [1.807, 2.05) is 0 Å². The van der Waals surface area contributed by atoms with Gasteiger partial charge in [-0.15, -0.1) is 0 Å². The molecule has 0 aliphatic rings. The summed E-state index contributed by atoms with van der Waals surface area (Å²) >= 11 is 0. The average Bonchev–Trinajstić information content (AvgIpc) is 1.78. The lowest BCUT2D eigenvalue weighted by Gasteiger charge is -2.01. The highest BCUT2D eigenvalue weighted by molar-refractivity contribution is 8.02. The van der Waals surface area contributed by atoms with Gasteiger partial charge in [-0.2, -0.15) is 8.42 Å². The van der Waals surface area contributed by atoms with Crippen LogP contribution in [0.1, 0.15) is 0 Å². The van der Waals surface area contributed by atoms with E-state index in [0.29, 0.717) is 0 Å². The van der Waals surface area contributed by atoms with E-state index in [1.54, 1.807) is 0 Å². The van der Waals surface area contributed by atoms with Crippen LogP contribution in [-0.4, -0.2) is 40.7 Å². The first-order valence-electron chi connectivity index (χ1n) is 2.90. The molecule has 0 saturated carbocycles. The van der Waals surface area contributed by atoms with Gasteiger partial charge in [0.25, 0.3) is 0 Å². The molecule has 7 nitrogen and oxygen atoms in total. The molecule has 3 N–H and O–H groups in total. The van der Waals surface area contributed by atoms with Crippen LogP contribution in [-0.2, 0) is 20.3 Å². The Balaban J connectivity index is 4.26. The van der Waals surface area contributed by atoms with Crippen molar-refractivity contribution >= 4 is 20.3 Å². The third-order valence-corrected chi connectivity index (χ3v) is 3.45. The zero-order valence-corrected chi connectivity index (χ0v) is 7.94. The van der Waals surface area contributed by atoms with Crippen LogP contribution in [0.2, 0.25) is 0 Å². The van der Waals surface area contributed by atoms with E-state index >= 15 is 0 Å². The SMILES string of the molecule is CNCCS(=O)(=O)NS(=O)(=O)O. The second-order valence-electron chi connectivity index (χ2n) is 1.98. The lowest BCUT2D eigenvalue weighted by molar-refractivity contribution is 0.477. The van der Waals surface area contributed by atoms with E-state index in [4.69, 9.17) is 4.55 Å². The van der Waals surface area contributed by atoms with Gasteiger partial charge in [0.05, 0.1) is 5.75 Å². The van der Waals surface area contributed by atoms with Crippen molar-refractivity contribution in [2.45, 2.75) is 0 Å². The summed E-state index contributed by atoms with van der Waals surface area (Å²) in [5, 5.41) is 2.51. The second kappa shape index (κ2) is 4.14. The van der Waals surface area contributed by atoms with E-state index in [9.17, 15) is 16.8 Å². The van der Waals surface area contributed by atoms with E-state index in [-0.39, 0.29) is 6.54 Å². The van der Waals surface area contributed by atoms with Crippen LogP contribution < -0.4 is 9.44 Å². The van der Waals surface area contributed by atoms with Gasteiger partial charge in [-0.1, -0.05) is 4.13 Å². The summed E-state index contributed by atoms with van der Waals surface area (Å²) < 4.78 is 50.7. The maximum Gasteiger partial charge on any atom is 0.346 e. The van der Waals surface area contributed by atoms with Gasteiger partial charge in [-0.3, -0.25) is 4.55 Å². The number of nitrogens with one attached hydrogen (secondary N) is 2. The number of hydrogen-bond acceptors (Lipinski definition) is 5. The molecule has 74 valence electrons.